The third-order valence-corrected chi connectivity index (χ3v) is 4.78. The van der Waals surface area contributed by atoms with Crippen molar-refractivity contribution in [2.75, 3.05) is 27.9 Å². The molecule has 2 aromatic carbocycles. The van der Waals surface area contributed by atoms with Crippen molar-refractivity contribution in [3.63, 3.8) is 0 Å². The maximum absolute atomic E-state index is 13.2. The Morgan fingerprint density at radius 3 is 2.41 bits per heavy atom. The van der Waals surface area contributed by atoms with Crippen molar-refractivity contribution < 1.29 is 34.0 Å². The molecule has 27 heavy (non-hydrogen) atoms. The molecule has 2 aromatic rings. The van der Waals surface area contributed by atoms with Gasteiger partial charge in [0.25, 0.3) is 0 Å². The maximum atomic E-state index is 13.2. The summed E-state index contributed by atoms with van der Waals surface area (Å²) in [5, 5.41) is 20.5. The van der Waals surface area contributed by atoms with E-state index in [4.69, 9.17) is 18.9 Å². The van der Waals surface area contributed by atoms with Gasteiger partial charge in [0.05, 0.1) is 33.9 Å². The molecule has 144 valence electrons. The van der Waals surface area contributed by atoms with Gasteiger partial charge in [-0.15, -0.1) is 0 Å². The number of fused-ring (bicyclic) bond motifs is 1. The van der Waals surface area contributed by atoms with Gasteiger partial charge in [0, 0.05) is 11.6 Å². The number of Topliss-reactive ketones (excluding diaryl/α,β-unsaturated/α-hetero) is 1. The van der Waals surface area contributed by atoms with Gasteiger partial charge in [-0.25, -0.2) is 0 Å². The van der Waals surface area contributed by atoms with Crippen molar-refractivity contribution >= 4 is 5.78 Å². The van der Waals surface area contributed by atoms with Crippen molar-refractivity contribution in [2.24, 2.45) is 5.92 Å². The van der Waals surface area contributed by atoms with Crippen LogP contribution in [0.3, 0.4) is 0 Å². The predicted molar refractivity (Wildman–Crippen MR) is 97.6 cm³/mol. The van der Waals surface area contributed by atoms with Crippen molar-refractivity contribution in [1.29, 1.82) is 0 Å². The molecule has 1 atom stereocenters. The predicted octanol–water partition coefficient (Wildman–Crippen LogP) is 2.87. The number of hydrogen-bond donors (Lipinski definition) is 2. The summed E-state index contributed by atoms with van der Waals surface area (Å²) in [5.41, 5.74) is 1.26. The summed E-state index contributed by atoms with van der Waals surface area (Å²) >= 11 is 0. The van der Waals surface area contributed by atoms with Crippen LogP contribution in [0, 0.1) is 12.8 Å². The van der Waals surface area contributed by atoms with Gasteiger partial charge < -0.3 is 29.2 Å². The number of carbonyl (C=O) groups excluding carboxylic acids is 1. The van der Waals surface area contributed by atoms with Crippen LogP contribution in [0.1, 0.15) is 21.5 Å². The first kappa shape index (κ1) is 18.7. The van der Waals surface area contributed by atoms with Crippen LogP contribution in [0.25, 0.3) is 0 Å². The first-order chi connectivity index (χ1) is 12.9. The van der Waals surface area contributed by atoms with Gasteiger partial charge in [-0.2, -0.15) is 0 Å². The van der Waals surface area contributed by atoms with E-state index in [-0.39, 0.29) is 46.7 Å². The summed E-state index contributed by atoms with van der Waals surface area (Å²) in [6.07, 6.45) is 0.291. The molecule has 2 N–H and O–H groups in total. The number of phenols is 2. The van der Waals surface area contributed by atoms with Gasteiger partial charge in [0.1, 0.15) is 22.8 Å². The minimum atomic E-state index is -0.514. The molecule has 0 saturated heterocycles. The average Bonchev–Trinajstić information content (AvgIpc) is 2.67. The highest BCUT2D eigenvalue weighted by molar-refractivity contribution is 6.05. The summed E-state index contributed by atoms with van der Waals surface area (Å²) in [5.74, 6) is 0.318. The van der Waals surface area contributed by atoms with Gasteiger partial charge in [-0.05, 0) is 25.0 Å². The lowest BCUT2D eigenvalue weighted by Gasteiger charge is -2.28. The minimum Gasteiger partial charge on any atom is -0.508 e. The molecule has 0 amide bonds. The highest BCUT2D eigenvalue weighted by Gasteiger charge is 2.37. The van der Waals surface area contributed by atoms with Gasteiger partial charge in [-0.1, -0.05) is 6.07 Å². The zero-order valence-corrected chi connectivity index (χ0v) is 15.7. The van der Waals surface area contributed by atoms with Gasteiger partial charge in [0.2, 0.25) is 5.75 Å². The summed E-state index contributed by atoms with van der Waals surface area (Å²) in [6.45, 7) is 1.74. The number of methoxy groups -OCH3 is 3. The van der Waals surface area contributed by atoms with E-state index in [1.54, 1.807) is 19.1 Å². The van der Waals surface area contributed by atoms with Crippen molar-refractivity contribution in [2.45, 2.75) is 13.3 Å². The van der Waals surface area contributed by atoms with Crippen LogP contribution in [-0.4, -0.2) is 43.9 Å². The lowest BCUT2D eigenvalue weighted by molar-refractivity contribution is 0.0819. The van der Waals surface area contributed by atoms with E-state index >= 15 is 0 Å². The van der Waals surface area contributed by atoms with Crippen LogP contribution in [-0.2, 0) is 6.42 Å². The standard InChI is InChI=1S/C20H22O7/c1-10-16(22)20(26-4)19-15(18(10)25-3)17(23)12(9-27-19)7-11-5-6-13(24-2)8-14(11)21/h5-6,8,12,21-22H,7,9H2,1-4H3/t12-/m1/s1. The van der Waals surface area contributed by atoms with Crippen LogP contribution >= 0.6 is 0 Å². The molecule has 0 unspecified atom stereocenters. The van der Waals surface area contributed by atoms with Crippen LogP contribution in [0.4, 0.5) is 0 Å². The first-order valence-electron chi connectivity index (χ1n) is 8.43. The fourth-order valence-corrected chi connectivity index (χ4v) is 3.32. The second-order valence-electron chi connectivity index (χ2n) is 6.32. The molecule has 7 nitrogen and oxygen atoms in total. The molecule has 0 aromatic heterocycles. The van der Waals surface area contributed by atoms with Crippen molar-refractivity contribution in [3.8, 4) is 34.5 Å². The molecule has 7 heteroatoms. The quantitative estimate of drug-likeness (QED) is 0.831. The normalized spacial score (nSPS) is 15.7. The van der Waals surface area contributed by atoms with Gasteiger partial charge >= 0.3 is 0 Å². The lowest BCUT2D eigenvalue weighted by Crippen LogP contribution is -2.30. The second-order valence-corrected chi connectivity index (χ2v) is 6.32. The number of ether oxygens (including phenoxy) is 4. The molecule has 1 heterocycles. The second kappa shape index (κ2) is 7.26. The van der Waals surface area contributed by atoms with E-state index in [0.717, 1.165) is 0 Å². The lowest BCUT2D eigenvalue weighted by atomic mass is 9.87. The fraction of sp³-hybridized carbons (Fsp3) is 0.350. The van der Waals surface area contributed by atoms with Crippen molar-refractivity contribution in [3.05, 3.63) is 34.9 Å². The van der Waals surface area contributed by atoms with E-state index in [9.17, 15) is 15.0 Å². The third-order valence-electron chi connectivity index (χ3n) is 4.78. The topological polar surface area (TPSA) is 94.5 Å². The molecular formula is C20H22O7. The van der Waals surface area contributed by atoms with Gasteiger partial charge in [-0.3, -0.25) is 4.79 Å². The first-order valence-corrected chi connectivity index (χ1v) is 8.43. The Morgan fingerprint density at radius 2 is 1.81 bits per heavy atom. The number of aromatic hydroxyl groups is 2. The fourth-order valence-electron chi connectivity index (χ4n) is 3.32. The largest absolute Gasteiger partial charge is 0.508 e. The average molecular weight is 374 g/mol. The number of hydrogen-bond acceptors (Lipinski definition) is 7. The zero-order chi connectivity index (χ0) is 19.7. The number of benzene rings is 2. The smallest absolute Gasteiger partial charge is 0.204 e. The van der Waals surface area contributed by atoms with E-state index in [0.29, 0.717) is 23.3 Å². The number of phenolic OH excluding ortho intramolecular Hbond substituents is 2. The molecule has 3 rings (SSSR count). The maximum Gasteiger partial charge on any atom is 0.204 e. The molecule has 0 aliphatic carbocycles. The van der Waals surface area contributed by atoms with Crippen LogP contribution in [0.2, 0.25) is 0 Å². The van der Waals surface area contributed by atoms with E-state index in [1.165, 1.54) is 27.4 Å². The van der Waals surface area contributed by atoms with E-state index < -0.39 is 5.92 Å². The highest BCUT2D eigenvalue weighted by atomic mass is 16.5. The Labute approximate surface area is 157 Å². The summed E-state index contributed by atoms with van der Waals surface area (Å²) in [4.78, 5) is 13.2. The van der Waals surface area contributed by atoms with Gasteiger partial charge in [0.15, 0.2) is 17.3 Å². The molecule has 0 spiro atoms. The van der Waals surface area contributed by atoms with Crippen LogP contribution < -0.4 is 18.9 Å². The van der Waals surface area contributed by atoms with E-state index in [2.05, 4.69) is 0 Å². The Hall–Kier alpha value is -3.09. The third kappa shape index (κ3) is 3.09. The molecule has 0 saturated carbocycles. The molecule has 1 aliphatic heterocycles. The van der Waals surface area contributed by atoms with Crippen molar-refractivity contribution in [1.82, 2.24) is 0 Å². The summed E-state index contributed by atoms with van der Waals surface area (Å²) in [7, 11) is 4.35. The number of rotatable bonds is 5. The van der Waals surface area contributed by atoms with E-state index in [1.807, 2.05) is 0 Å². The number of carbonyl (C=O) groups is 1. The molecule has 1 aliphatic rings. The highest BCUT2D eigenvalue weighted by Crippen LogP contribution is 2.50. The zero-order valence-electron chi connectivity index (χ0n) is 15.7. The number of ketones is 1. The Morgan fingerprint density at radius 1 is 1.11 bits per heavy atom. The van der Waals surface area contributed by atoms with Crippen LogP contribution in [0.15, 0.2) is 18.2 Å². The molecule has 0 radical (unpaired) electrons. The summed E-state index contributed by atoms with van der Waals surface area (Å²) in [6, 6.07) is 4.95. The monoisotopic (exact) mass is 374 g/mol. The Balaban J connectivity index is 2.00. The Bertz CT molecular complexity index is 889. The SMILES string of the molecule is COc1ccc(C[C@@H]2COc3c(OC)c(O)c(C)c(OC)c3C2=O)c(O)c1. The molecule has 0 fully saturated rings. The summed E-state index contributed by atoms with van der Waals surface area (Å²) < 4.78 is 21.5. The van der Waals surface area contributed by atoms with Crippen LogP contribution in [0.5, 0.6) is 34.5 Å². The Kier molecular flexibility index (Phi) is 5.03. The minimum absolute atomic E-state index is 0.0550. The molecular weight excluding hydrogens is 352 g/mol. The molecule has 0 bridgehead atoms.